The zero-order valence-corrected chi connectivity index (χ0v) is 41.2. The van der Waals surface area contributed by atoms with Crippen molar-refractivity contribution in [2.75, 3.05) is 0 Å². The molecule has 0 N–H and O–H groups in total. The van der Waals surface area contributed by atoms with Crippen LogP contribution in [0.4, 0.5) is 0 Å². The SMILES string of the molecule is c1ccc(-c2ccc(-c3cc(-c4ccc(-c5ccccc5)cc4)c4nc(-c5ccc6c(c5)nc(-c5ccccc5)n6-c5ccccc5)nc(-c5ccc6c(c5)nc(-c5ccccc5)n6-c5ccccc5)c4c3)cc2)cc1. The van der Waals surface area contributed by atoms with Gasteiger partial charge in [-0.25, -0.2) is 19.9 Å². The molecule has 0 aliphatic rings. The first-order valence-corrected chi connectivity index (χ1v) is 25.6. The predicted octanol–water partition coefficient (Wildman–Crippen LogP) is 17.6. The summed E-state index contributed by atoms with van der Waals surface area (Å²) in [5, 5.41) is 0.932. The third-order valence-corrected chi connectivity index (χ3v) is 14.4. The maximum Gasteiger partial charge on any atom is 0.160 e. The molecule has 0 fully saturated rings. The van der Waals surface area contributed by atoms with Gasteiger partial charge < -0.3 is 0 Å². The van der Waals surface area contributed by atoms with E-state index in [1.54, 1.807) is 0 Å². The van der Waals surface area contributed by atoms with Gasteiger partial charge in [-0.15, -0.1) is 0 Å². The lowest BCUT2D eigenvalue weighted by atomic mass is 9.92. The maximum atomic E-state index is 5.64. The summed E-state index contributed by atoms with van der Waals surface area (Å²) in [5.74, 6) is 2.33. The minimum absolute atomic E-state index is 0.599. The molecule has 0 saturated heterocycles. The second-order valence-corrected chi connectivity index (χ2v) is 19.1. The van der Waals surface area contributed by atoms with Gasteiger partial charge in [-0.3, -0.25) is 9.13 Å². The lowest BCUT2D eigenvalue weighted by Crippen LogP contribution is -1.99. The molecule has 76 heavy (non-hydrogen) atoms. The van der Waals surface area contributed by atoms with Crippen LogP contribution in [0.1, 0.15) is 0 Å². The molecule has 356 valence electrons. The molecule has 0 radical (unpaired) electrons. The standard InChI is InChI=1S/C70H46N6/c1-7-19-47(20-8-1)49-31-33-51(34-32-49)57-43-60(52-37-35-50(36-38-52)48-21-9-2-10-22-48)67-61(44-57)66(55-39-41-64-62(45-55)71-69(53-23-11-3-12-24-53)75(64)58-27-15-5-16-28-58)73-68(74-67)56-40-42-65-63(46-56)72-70(54-25-13-4-14-26-54)76(65)59-29-17-6-18-30-59/h1-46H. The van der Waals surface area contributed by atoms with Crippen LogP contribution in [-0.2, 0) is 0 Å². The fraction of sp³-hybridized carbons (Fsp3) is 0. The smallest absolute Gasteiger partial charge is 0.160 e. The van der Waals surface area contributed by atoms with E-state index >= 15 is 0 Å². The van der Waals surface area contributed by atoms with Crippen LogP contribution in [0.3, 0.4) is 0 Å². The Morgan fingerprint density at radius 2 is 0.618 bits per heavy atom. The minimum atomic E-state index is 0.599. The van der Waals surface area contributed by atoms with Crippen molar-refractivity contribution in [2.24, 2.45) is 0 Å². The molecule has 6 heteroatoms. The summed E-state index contributed by atoms with van der Waals surface area (Å²) in [6, 6.07) is 98.1. The van der Waals surface area contributed by atoms with Crippen LogP contribution in [0.15, 0.2) is 279 Å². The largest absolute Gasteiger partial charge is 0.292 e. The van der Waals surface area contributed by atoms with Gasteiger partial charge in [0, 0.05) is 44.6 Å². The molecule has 0 saturated carbocycles. The number of aromatic nitrogens is 6. The van der Waals surface area contributed by atoms with Crippen LogP contribution in [0.2, 0.25) is 0 Å². The van der Waals surface area contributed by atoms with Gasteiger partial charge in [0.15, 0.2) is 5.82 Å². The average molecular weight is 971 g/mol. The Balaban J connectivity index is 1.02. The summed E-state index contributed by atoms with van der Waals surface area (Å²) < 4.78 is 4.49. The maximum absolute atomic E-state index is 5.64. The third kappa shape index (κ3) is 8.11. The van der Waals surface area contributed by atoms with Crippen molar-refractivity contribution in [1.29, 1.82) is 0 Å². The van der Waals surface area contributed by atoms with Gasteiger partial charge in [-0.05, 0) is 106 Å². The number of hydrogen-bond acceptors (Lipinski definition) is 4. The Labute approximate surface area is 440 Å². The molecule has 11 aromatic carbocycles. The van der Waals surface area contributed by atoms with Gasteiger partial charge in [0.25, 0.3) is 0 Å². The normalized spacial score (nSPS) is 11.4. The van der Waals surface area contributed by atoms with E-state index in [4.69, 9.17) is 19.9 Å². The Bertz CT molecular complexity index is 4380. The van der Waals surface area contributed by atoms with Gasteiger partial charge in [-0.1, -0.05) is 212 Å². The fourth-order valence-electron chi connectivity index (χ4n) is 10.6. The topological polar surface area (TPSA) is 61.4 Å². The second kappa shape index (κ2) is 19.0. The van der Waals surface area contributed by atoms with Crippen LogP contribution in [0.25, 0.3) is 134 Å². The van der Waals surface area contributed by atoms with Crippen LogP contribution >= 0.6 is 0 Å². The van der Waals surface area contributed by atoms with E-state index in [1.807, 2.05) is 24.3 Å². The lowest BCUT2D eigenvalue weighted by Gasteiger charge is -2.16. The fourth-order valence-corrected chi connectivity index (χ4v) is 10.6. The van der Waals surface area contributed by atoms with Crippen molar-refractivity contribution >= 4 is 33.0 Å². The van der Waals surface area contributed by atoms with E-state index in [0.29, 0.717) is 5.82 Å². The van der Waals surface area contributed by atoms with Crippen LogP contribution in [0.5, 0.6) is 0 Å². The number of nitrogens with zero attached hydrogens (tertiary/aromatic N) is 6. The van der Waals surface area contributed by atoms with E-state index < -0.39 is 0 Å². The molecule has 3 aromatic heterocycles. The minimum Gasteiger partial charge on any atom is -0.292 e. The van der Waals surface area contributed by atoms with E-state index in [0.717, 1.165) is 117 Å². The number of hydrogen-bond donors (Lipinski definition) is 0. The van der Waals surface area contributed by atoms with E-state index in [2.05, 4.69) is 264 Å². The highest BCUT2D eigenvalue weighted by molar-refractivity contribution is 6.06. The molecule has 14 rings (SSSR count). The molecular weight excluding hydrogens is 925 g/mol. The molecule has 0 aliphatic carbocycles. The zero-order valence-electron chi connectivity index (χ0n) is 41.2. The van der Waals surface area contributed by atoms with E-state index in [1.165, 1.54) is 11.1 Å². The number of para-hydroxylation sites is 2. The zero-order chi connectivity index (χ0) is 50.4. The Hall–Kier alpha value is -10.3. The highest BCUT2D eigenvalue weighted by atomic mass is 15.1. The summed E-state index contributed by atoms with van der Waals surface area (Å²) in [6.45, 7) is 0. The Morgan fingerprint density at radius 1 is 0.250 bits per heavy atom. The summed E-state index contributed by atoms with van der Waals surface area (Å²) >= 11 is 0. The Kier molecular flexibility index (Phi) is 11.1. The van der Waals surface area contributed by atoms with E-state index in [-0.39, 0.29) is 0 Å². The van der Waals surface area contributed by atoms with Crippen molar-refractivity contribution in [3.05, 3.63) is 279 Å². The Morgan fingerprint density at radius 3 is 1.09 bits per heavy atom. The molecule has 0 spiro atoms. The second-order valence-electron chi connectivity index (χ2n) is 19.1. The first-order valence-electron chi connectivity index (χ1n) is 25.6. The van der Waals surface area contributed by atoms with Gasteiger partial charge >= 0.3 is 0 Å². The molecule has 0 amide bonds. The molecule has 14 aromatic rings. The summed E-state index contributed by atoms with van der Waals surface area (Å²) in [6.07, 6.45) is 0. The molecule has 0 unspecified atom stereocenters. The average Bonchev–Trinajstić information content (AvgIpc) is 4.15. The van der Waals surface area contributed by atoms with Crippen LogP contribution in [-0.4, -0.2) is 29.1 Å². The molecule has 3 heterocycles. The number of fused-ring (bicyclic) bond motifs is 3. The number of rotatable bonds is 10. The predicted molar refractivity (Wildman–Crippen MR) is 312 cm³/mol. The van der Waals surface area contributed by atoms with Crippen molar-refractivity contribution < 1.29 is 0 Å². The monoisotopic (exact) mass is 970 g/mol. The lowest BCUT2D eigenvalue weighted by molar-refractivity contribution is 1.10. The number of benzene rings is 11. The highest BCUT2D eigenvalue weighted by Crippen LogP contribution is 2.42. The van der Waals surface area contributed by atoms with Crippen molar-refractivity contribution in [2.45, 2.75) is 0 Å². The summed E-state index contributed by atoms with van der Waals surface area (Å²) in [4.78, 5) is 22.0. The van der Waals surface area contributed by atoms with Crippen molar-refractivity contribution in [3.8, 4) is 101 Å². The van der Waals surface area contributed by atoms with Crippen LogP contribution in [0, 0.1) is 0 Å². The molecule has 0 aliphatic heterocycles. The molecular formula is C70H46N6. The molecule has 0 atom stereocenters. The quantitative estimate of drug-likeness (QED) is 0.137. The van der Waals surface area contributed by atoms with E-state index in [9.17, 15) is 0 Å². The third-order valence-electron chi connectivity index (χ3n) is 14.4. The first kappa shape index (κ1) is 44.4. The summed E-state index contributed by atoms with van der Waals surface area (Å²) in [5.41, 5.74) is 20.1. The molecule has 6 nitrogen and oxygen atoms in total. The summed E-state index contributed by atoms with van der Waals surface area (Å²) in [7, 11) is 0. The van der Waals surface area contributed by atoms with Crippen LogP contribution < -0.4 is 0 Å². The van der Waals surface area contributed by atoms with Gasteiger partial charge in [-0.2, -0.15) is 0 Å². The van der Waals surface area contributed by atoms with Gasteiger partial charge in [0.1, 0.15) is 11.6 Å². The van der Waals surface area contributed by atoms with Crippen molar-refractivity contribution in [3.63, 3.8) is 0 Å². The van der Waals surface area contributed by atoms with Gasteiger partial charge in [0.2, 0.25) is 0 Å². The van der Waals surface area contributed by atoms with Crippen molar-refractivity contribution in [1.82, 2.24) is 29.1 Å². The first-order chi connectivity index (χ1) is 37.7. The molecule has 0 bridgehead atoms. The number of imidazole rings is 2. The highest BCUT2D eigenvalue weighted by Gasteiger charge is 2.22. The van der Waals surface area contributed by atoms with Gasteiger partial charge in [0.05, 0.1) is 33.3 Å².